The zero-order valence-electron chi connectivity index (χ0n) is 13.4. The van der Waals surface area contributed by atoms with Gasteiger partial charge in [-0.05, 0) is 53.8 Å². The summed E-state index contributed by atoms with van der Waals surface area (Å²) in [7, 11) is 1.79. The topological polar surface area (TPSA) is 48.5 Å². The van der Waals surface area contributed by atoms with E-state index in [0.717, 1.165) is 30.2 Å². The SMILES string of the molecule is CN(Cc1ccsc1)C(=O)Nc1ccc(N2CCCCC2)nc1. The van der Waals surface area contributed by atoms with E-state index in [1.54, 1.807) is 29.5 Å². The van der Waals surface area contributed by atoms with E-state index in [1.165, 1.54) is 19.3 Å². The Hall–Kier alpha value is -2.08. The lowest BCUT2D eigenvalue weighted by Crippen LogP contribution is -2.31. The molecule has 0 atom stereocenters. The molecule has 1 aliphatic heterocycles. The van der Waals surface area contributed by atoms with Crippen molar-refractivity contribution in [2.75, 3.05) is 30.4 Å². The molecule has 1 fully saturated rings. The highest BCUT2D eigenvalue weighted by Gasteiger charge is 2.13. The second kappa shape index (κ2) is 7.46. The molecule has 0 radical (unpaired) electrons. The van der Waals surface area contributed by atoms with Crippen molar-refractivity contribution in [1.29, 1.82) is 0 Å². The smallest absolute Gasteiger partial charge is 0.321 e. The highest BCUT2D eigenvalue weighted by molar-refractivity contribution is 7.07. The standard InChI is InChI=1S/C17H22N4OS/c1-20(12-14-7-10-23-13-14)17(22)19-15-5-6-16(18-11-15)21-8-3-2-4-9-21/h5-7,10-11,13H,2-4,8-9,12H2,1H3,(H,19,22). The molecule has 2 amide bonds. The van der Waals surface area contributed by atoms with E-state index in [0.29, 0.717) is 6.54 Å². The van der Waals surface area contributed by atoms with Gasteiger partial charge in [0.1, 0.15) is 5.82 Å². The molecule has 3 rings (SSSR count). The monoisotopic (exact) mass is 330 g/mol. The number of aromatic nitrogens is 1. The number of hydrogen-bond donors (Lipinski definition) is 1. The van der Waals surface area contributed by atoms with Crippen molar-refractivity contribution in [1.82, 2.24) is 9.88 Å². The van der Waals surface area contributed by atoms with Gasteiger partial charge in [-0.15, -0.1) is 0 Å². The molecule has 0 bridgehead atoms. The minimum atomic E-state index is -0.122. The minimum absolute atomic E-state index is 0.122. The molecule has 2 aromatic rings. The van der Waals surface area contributed by atoms with Crippen LogP contribution in [0.3, 0.4) is 0 Å². The first-order valence-corrected chi connectivity index (χ1v) is 8.91. The molecule has 0 spiro atoms. The molecule has 1 aliphatic rings. The maximum Gasteiger partial charge on any atom is 0.321 e. The highest BCUT2D eigenvalue weighted by Crippen LogP contribution is 2.19. The Morgan fingerprint density at radius 3 is 2.78 bits per heavy atom. The maximum atomic E-state index is 12.2. The van der Waals surface area contributed by atoms with Crippen LogP contribution in [0.25, 0.3) is 0 Å². The molecule has 2 aromatic heterocycles. The van der Waals surface area contributed by atoms with Crippen LogP contribution in [0.2, 0.25) is 0 Å². The van der Waals surface area contributed by atoms with E-state index in [-0.39, 0.29) is 6.03 Å². The van der Waals surface area contributed by atoms with Crippen molar-refractivity contribution < 1.29 is 4.79 Å². The molecule has 1 saturated heterocycles. The normalized spacial score (nSPS) is 14.6. The molecular formula is C17H22N4OS. The summed E-state index contributed by atoms with van der Waals surface area (Å²) in [6, 6.07) is 5.82. The summed E-state index contributed by atoms with van der Waals surface area (Å²) in [5.74, 6) is 0.995. The quantitative estimate of drug-likeness (QED) is 0.927. The molecule has 122 valence electrons. The molecule has 0 saturated carbocycles. The number of nitrogens with zero attached hydrogens (tertiary/aromatic N) is 3. The number of anilines is 2. The van der Waals surface area contributed by atoms with Crippen molar-refractivity contribution in [2.45, 2.75) is 25.8 Å². The van der Waals surface area contributed by atoms with Gasteiger partial charge in [-0.2, -0.15) is 11.3 Å². The van der Waals surface area contributed by atoms with E-state index >= 15 is 0 Å². The van der Waals surface area contributed by atoms with Crippen LogP contribution in [0.15, 0.2) is 35.2 Å². The maximum absolute atomic E-state index is 12.2. The summed E-state index contributed by atoms with van der Waals surface area (Å²) in [5, 5.41) is 6.97. The lowest BCUT2D eigenvalue weighted by molar-refractivity contribution is 0.220. The summed E-state index contributed by atoms with van der Waals surface area (Å²) >= 11 is 1.64. The van der Waals surface area contributed by atoms with Crippen molar-refractivity contribution in [3.63, 3.8) is 0 Å². The Bertz CT molecular complexity index is 621. The Morgan fingerprint density at radius 1 is 1.30 bits per heavy atom. The van der Waals surface area contributed by atoms with Gasteiger partial charge >= 0.3 is 6.03 Å². The summed E-state index contributed by atoms with van der Waals surface area (Å²) in [6.45, 7) is 2.75. The minimum Gasteiger partial charge on any atom is -0.357 e. The Balaban J connectivity index is 1.55. The van der Waals surface area contributed by atoms with Crippen LogP contribution < -0.4 is 10.2 Å². The first-order chi connectivity index (χ1) is 11.2. The number of carbonyl (C=O) groups is 1. The second-order valence-corrected chi connectivity index (χ2v) is 6.65. The Morgan fingerprint density at radius 2 is 2.13 bits per heavy atom. The zero-order valence-corrected chi connectivity index (χ0v) is 14.2. The van der Waals surface area contributed by atoms with Crippen molar-refractivity contribution in [2.24, 2.45) is 0 Å². The summed E-state index contributed by atoms with van der Waals surface area (Å²) in [6.07, 6.45) is 5.50. The molecule has 0 aliphatic carbocycles. The van der Waals surface area contributed by atoms with Gasteiger partial charge in [-0.1, -0.05) is 0 Å². The molecule has 5 nitrogen and oxygen atoms in total. The Kier molecular flexibility index (Phi) is 5.12. The van der Waals surface area contributed by atoms with Gasteiger partial charge in [0.05, 0.1) is 11.9 Å². The zero-order chi connectivity index (χ0) is 16.1. The van der Waals surface area contributed by atoms with Crippen LogP contribution in [-0.2, 0) is 6.54 Å². The van der Waals surface area contributed by atoms with Crippen LogP contribution in [0, 0.1) is 0 Å². The molecule has 0 aromatic carbocycles. The average molecular weight is 330 g/mol. The first kappa shape index (κ1) is 15.8. The molecule has 1 N–H and O–H groups in total. The van der Waals surface area contributed by atoms with Crippen LogP contribution in [0.4, 0.5) is 16.3 Å². The molecule has 6 heteroatoms. The van der Waals surface area contributed by atoms with Gasteiger partial charge in [-0.3, -0.25) is 0 Å². The Labute approximate surface area is 140 Å². The van der Waals surface area contributed by atoms with Crippen LogP contribution in [0.1, 0.15) is 24.8 Å². The number of thiophene rings is 1. The summed E-state index contributed by atoms with van der Waals surface area (Å²) in [5.41, 5.74) is 1.87. The van der Waals surface area contributed by atoms with Gasteiger partial charge in [0.2, 0.25) is 0 Å². The summed E-state index contributed by atoms with van der Waals surface area (Å²) < 4.78 is 0. The van der Waals surface area contributed by atoms with E-state index in [4.69, 9.17) is 0 Å². The molecule has 0 unspecified atom stereocenters. The molecule has 23 heavy (non-hydrogen) atoms. The predicted molar refractivity (Wildman–Crippen MR) is 95.1 cm³/mol. The third-order valence-electron chi connectivity index (χ3n) is 4.03. The van der Waals surface area contributed by atoms with Gasteiger partial charge in [-0.25, -0.2) is 9.78 Å². The molecular weight excluding hydrogens is 308 g/mol. The number of carbonyl (C=O) groups excluding carboxylic acids is 1. The molecule has 3 heterocycles. The van der Waals surface area contributed by atoms with Crippen molar-refractivity contribution in [3.8, 4) is 0 Å². The number of piperidine rings is 1. The van der Waals surface area contributed by atoms with Crippen LogP contribution in [0.5, 0.6) is 0 Å². The fraction of sp³-hybridized carbons (Fsp3) is 0.412. The lowest BCUT2D eigenvalue weighted by atomic mass is 10.1. The van der Waals surface area contributed by atoms with E-state index < -0.39 is 0 Å². The highest BCUT2D eigenvalue weighted by atomic mass is 32.1. The number of urea groups is 1. The number of pyridine rings is 1. The average Bonchev–Trinajstić information content (AvgIpc) is 3.09. The van der Waals surface area contributed by atoms with Gasteiger partial charge in [0, 0.05) is 26.7 Å². The number of rotatable bonds is 4. The van der Waals surface area contributed by atoms with Crippen LogP contribution in [-0.4, -0.2) is 36.1 Å². The predicted octanol–water partition coefficient (Wildman–Crippen LogP) is 3.80. The second-order valence-electron chi connectivity index (χ2n) is 5.87. The number of amides is 2. The van der Waals surface area contributed by atoms with E-state index in [9.17, 15) is 4.79 Å². The third-order valence-corrected chi connectivity index (χ3v) is 4.76. The fourth-order valence-corrected chi connectivity index (χ4v) is 3.38. The summed E-state index contributed by atoms with van der Waals surface area (Å²) in [4.78, 5) is 20.7. The fourth-order valence-electron chi connectivity index (χ4n) is 2.72. The lowest BCUT2D eigenvalue weighted by Gasteiger charge is -2.27. The largest absolute Gasteiger partial charge is 0.357 e. The number of hydrogen-bond acceptors (Lipinski definition) is 4. The van der Waals surface area contributed by atoms with Crippen LogP contribution >= 0.6 is 11.3 Å². The van der Waals surface area contributed by atoms with Gasteiger partial charge < -0.3 is 15.1 Å². The van der Waals surface area contributed by atoms with E-state index in [2.05, 4.69) is 20.6 Å². The van der Waals surface area contributed by atoms with Crippen molar-refractivity contribution in [3.05, 3.63) is 40.7 Å². The van der Waals surface area contributed by atoms with Crippen molar-refractivity contribution >= 4 is 28.9 Å². The number of nitrogens with one attached hydrogen (secondary N) is 1. The van der Waals surface area contributed by atoms with Gasteiger partial charge in [0.15, 0.2) is 0 Å². The van der Waals surface area contributed by atoms with Gasteiger partial charge in [0.25, 0.3) is 0 Å². The third kappa shape index (κ3) is 4.22. The van der Waals surface area contributed by atoms with E-state index in [1.807, 2.05) is 23.6 Å². The first-order valence-electron chi connectivity index (χ1n) is 7.96.